The highest BCUT2D eigenvalue weighted by molar-refractivity contribution is 5.36. The van der Waals surface area contributed by atoms with E-state index in [0.717, 1.165) is 11.8 Å². The second-order valence-electron chi connectivity index (χ2n) is 6.15. The molecule has 2 aliphatic carbocycles. The molecule has 19 heavy (non-hydrogen) atoms. The average molecular weight is 260 g/mol. The van der Waals surface area contributed by atoms with Crippen LogP contribution in [0, 0.1) is 11.8 Å². The van der Waals surface area contributed by atoms with E-state index in [0.29, 0.717) is 0 Å². The van der Waals surface area contributed by atoms with Crippen LogP contribution in [0.3, 0.4) is 0 Å². The molecule has 1 saturated carbocycles. The van der Waals surface area contributed by atoms with Gasteiger partial charge in [-0.1, -0.05) is 63.0 Å². The Labute approximate surface area is 118 Å². The second kappa shape index (κ2) is 7.69. The molecule has 1 N–H and O–H groups in total. The van der Waals surface area contributed by atoms with Crippen molar-refractivity contribution in [2.24, 2.45) is 11.8 Å². The third-order valence-electron chi connectivity index (χ3n) is 4.51. The van der Waals surface area contributed by atoms with Crippen LogP contribution < -0.4 is 0 Å². The Bertz CT molecular complexity index is 327. The predicted octanol–water partition coefficient (Wildman–Crippen LogP) is 4.79. The highest BCUT2D eigenvalue weighted by Crippen LogP contribution is 2.33. The Morgan fingerprint density at radius 3 is 2.42 bits per heavy atom. The lowest BCUT2D eigenvalue weighted by Crippen LogP contribution is -2.13. The van der Waals surface area contributed by atoms with Crippen molar-refractivity contribution in [3.8, 4) is 0 Å². The van der Waals surface area contributed by atoms with Crippen LogP contribution in [0.15, 0.2) is 36.0 Å². The molecule has 0 spiro atoms. The minimum Gasteiger partial charge on any atom is -0.385 e. The van der Waals surface area contributed by atoms with Gasteiger partial charge in [0.1, 0.15) is 0 Å². The number of hydrogen-bond donors (Lipinski definition) is 1. The number of rotatable bonds is 5. The molecule has 1 nitrogen and oxygen atoms in total. The summed E-state index contributed by atoms with van der Waals surface area (Å²) in [5.74, 6) is 1.74. The van der Waals surface area contributed by atoms with E-state index in [2.05, 4.69) is 25.2 Å². The summed E-state index contributed by atoms with van der Waals surface area (Å²) in [6, 6.07) is 0. The molecular weight excluding hydrogens is 232 g/mol. The molecule has 0 unspecified atom stereocenters. The molecule has 0 aliphatic heterocycles. The van der Waals surface area contributed by atoms with E-state index in [1.807, 2.05) is 12.2 Å². The number of aliphatic hydroxyl groups excluding tert-OH is 1. The normalized spacial score (nSPS) is 30.6. The summed E-state index contributed by atoms with van der Waals surface area (Å²) in [6.07, 6.45) is 21.0. The van der Waals surface area contributed by atoms with E-state index in [4.69, 9.17) is 0 Å². The lowest BCUT2D eigenvalue weighted by Gasteiger charge is -2.27. The standard InChI is InChI=1S/C18H28O/c1-2-3-4-5-15-6-8-16(9-7-15)14-17-10-12-18(19)13-11-17/h10-16,18-19H,2-9H2,1H3. The molecule has 0 amide bonds. The van der Waals surface area contributed by atoms with Crippen LogP contribution in [-0.2, 0) is 0 Å². The van der Waals surface area contributed by atoms with Gasteiger partial charge in [0, 0.05) is 0 Å². The summed E-state index contributed by atoms with van der Waals surface area (Å²) >= 11 is 0. The fourth-order valence-electron chi connectivity index (χ4n) is 3.25. The molecule has 0 aromatic rings. The topological polar surface area (TPSA) is 20.2 Å². The van der Waals surface area contributed by atoms with Gasteiger partial charge in [0.05, 0.1) is 6.10 Å². The van der Waals surface area contributed by atoms with Crippen LogP contribution in [-0.4, -0.2) is 11.2 Å². The van der Waals surface area contributed by atoms with Crippen LogP contribution >= 0.6 is 0 Å². The summed E-state index contributed by atoms with van der Waals surface area (Å²) in [5.41, 5.74) is 1.28. The van der Waals surface area contributed by atoms with E-state index in [-0.39, 0.29) is 6.10 Å². The number of unbranched alkanes of at least 4 members (excludes halogenated alkanes) is 2. The maximum Gasteiger partial charge on any atom is 0.0909 e. The molecule has 0 atom stereocenters. The van der Waals surface area contributed by atoms with Gasteiger partial charge in [-0.3, -0.25) is 0 Å². The molecular formula is C18H28O. The van der Waals surface area contributed by atoms with Crippen LogP contribution in [0.5, 0.6) is 0 Å². The van der Waals surface area contributed by atoms with Crippen molar-refractivity contribution < 1.29 is 5.11 Å². The fourth-order valence-corrected chi connectivity index (χ4v) is 3.25. The lowest BCUT2D eigenvalue weighted by atomic mass is 9.79. The van der Waals surface area contributed by atoms with Gasteiger partial charge >= 0.3 is 0 Å². The van der Waals surface area contributed by atoms with E-state index in [1.54, 1.807) is 0 Å². The first-order valence-corrected chi connectivity index (χ1v) is 8.04. The SMILES string of the molecule is CCCCCC1CCC(C=C2C=CC(O)C=C2)CC1. The molecule has 1 heteroatoms. The monoisotopic (exact) mass is 260 g/mol. The first-order chi connectivity index (χ1) is 9.28. The van der Waals surface area contributed by atoms with Gasteiger partial charge in [0.25, 0.3) is 0 Å². The van der Waals surface area contributed by atoms with E-state index >= 15 is 0 Å². The molecule has 106 valence electrons. The molecule has 2 aliphatic rings. The maximum absolute atomic E-state index is 9.37. The van der Waals surface area contributed by atoms with Crippen molar-refractivity contribution in [2.45, 2.75) is 64.4 Å². The Morgan fingerprint density at radius 2 is 1.79 bits per heavy atom. The minimum atomic E-state index is -0.383. The van der Waals surface area contributed by atoms with Crippen molar-refractivity contribution in [3.63, 3.8) is 0 Å². The van der Waals surface area contributed by atoms with Gasteiger partial charge in [0.2, 0.25) is 0 Å². The summed E-state index contributed by atoms with van der Waals surface area (Å²) in [5, 5.41) is 9.37. The van der Waals surface area contributed by atoms with Crippen molar-refractivity contribution in [1.29, 1.82) is 0 Å². The Morgan fingerprint density at radius 1 is 1.11 bits per heavy atom. The number of allylic oxidation sites excluding steroid dienone is 4. The minimum absolute atomic E-state index is 0.383. The molecule has 1 fully saturated rings. The van der Waals surface area contributed by atoms with Crippen molar-refractivity contribution >= 4 is 0 Å². The highest BCUT2D eigenvalue weighted by atomic mass is 16.3. The summed E-state index contributed by atoms with van der Waals surface area (Å²) in [7, 11) is 0. The van der Waals surface area contributed by atoms with Crippen LogP contribution in [0.1, 0.15) is 58.3 Å². The Hall–Kier alpha value is -0.820. The first kappa shape index (κ1) is 14.6. The van der Waals surface area contributed by atoms with Gasteiger partial charge < -0.3 is 5.11 Å². The van der Waals surface area contributed by atoms with Crippen LogP contribution in [0.2, 0.25) is 0 Å². The molecule has 0 saturated heterocycles. The zero-order valence-electron chi connectivity index (χ0n) is 12.2. The Balaban J connectivity index is 1.73. The van der Waals surface area contributed by atoms with Gasteiger partial charge in [-0.25, -0.2) is 0 Å². The number of aliphatic hydroxyl groups is 1. The summed E-state index contributed by atoms with van der Waals surface area (Å²) in [4.78, 5) is 0. The molecule has 0 bridgehead atoms. The Kier molecular flexibility index (Phi) is 5.91. The number of hydrogen-bond acceptors (Lipinski definition) is 1. The van der Waals surface area contributed by atoms with E-state index in [1.165, 1.54) is 56.9 Å². The van der Waals surface area contributed by atoms with E-state index < -0.39 is 0 Å². The van der Waals surface area contributed by atoms with Crippen molar-refractivity contribution in [1.82, 2.24) is 0 Å². The summed E-state index contributed by atoms with van der Waals surface area (Å²) < 4.78 is 0. The maximum atomic E-state index is 9.37. The zero-order chi connectivity index (χ0) is 13.5. The fraction of sp³-hybridized carbons (Fsp3) is 0.667. The van der Waals surface area contributed by atoms with Gasteiger partial charge in [-0.2, -0.15) is 0 Å². The molecule has 0 radical (unpaired) electrons. The smallest absolute Gasteiger partial charge is 0.0909 e. The first-order valence-electron chi connectivity index (χ1n) is 8.04. The lowest BCUT2D eigenvalue weighted by molar-refractivity contribution is 0.270. The van der Waals surface area contributed by atoms with Gasteiger partial charge in [-0.05, 0) is 43.1 Å². The van der Waals surface area contributed by atoms with Gasteiger partial charge in [0.15, 0.2) is 0 Å². The highest BCUT2D eigenvalue weighted by Gasteiger charge is 2.19. The molecule has 2 rings (SSSR count). The average Bonchev–Trinajstić information content (AvgIpc) is 2.44. The molecule has 0 aromatic heterocycles. The van der Waals surface area contributed by atoms with Crippen molar-refractivity contribution in [2.75, 3.05) is 0 Å². The molecule has 0 aromatic carbocycles. The molecule has 0 heterocycles. The summed E-state index contributed by atoms with van der Waals surface area (Å²) in [6.45, 7) is 2.28. The van der Waals surface area contributed by atoms with Gasteiger partial charge in [-0.15, -0.1) is 0 Å². The zero-order valence-corrected chi connectivity index (χ0v) is 12.2. The van der Waals surface area contributed by atoms with E-state index in [9.17, 15) is 5.11 Å². The predicted molar refractivity (Wildman–Crippen MR) is 82.0 cm³/mol. The largest absolute Gasteiger partial charge is 0.385 e. The van der Waals surface area contributed by atoms with Crippen molar-refractivity contribution in [3.05, 3.63) is 36.0 Å². The quantitative estimate of drug-likeness (QED) is 0.705. The van der Waals surface area contributed by atoms with Crippen LogP contribution in [0.4, 0.5) is 0 Å². The second-order valence-corrected chi connectivity index (χ2v) is 6.15. The third kappa shape index (κ3) is 4.99. The third-order valence-corrected chi connectivity index (χ3v) is 4.51. The van der Waals surface area contributed by atoms with Crippen LogP contribution in [0.25, 0.3) is 0 Å².